The van der Waals surface area contributed by atoms with Crippen molar-refractivity contribution in [1.29, 1.82) is 0 Å². The zero-order chi connectivity index (χ0) is 31.4. The topological polar surface area (TPSA) is 110 Å². The molecule has 6 aromatic rings. The molecular formula is C35H32N5O5P. The van der Waals surface area contributed by atoms with Gasteiger partial charge in [-0.15, -0.1) is 0 Å². The van der Waals surface area contributed by atoms with Crippen LogP contribution in [0, 0.1) is 0 Å². The van der Waals surface area contributed by atoms with Gasteiger partial charge in [-0.25, -0.2) is 19.5 Å². The van der Waals surface area contributed by atoms with Crippen molar-refractivity contribution in [3.63, 3.8) is 0 Å². The summed E-state index contributed by atoms with van der Waals surface area (Å²) in [5.41, 5.74) is 4.32. The standard InChI is InChI=1S/C35H32N5O5P/c1-42-30-18-16-29(17-19-30)35(27-11-4-2-5-12-27,28-13-6-3-7-14-28)39-33-32-34(37-23-36-33)40(24-38-32)20-21-43-25-46(41)44-22-26-10-8-9-15-31(26)45-46/h2-19,23-24H,20-22,25H2,1H3,(H,36,37,39). The zero-order valence-electron chi connectivity index (χ0n) is 25.2. The molecule has 0 spiro atoms. The Kier molecular flexibility index (Phi) is 8.24. The molecule has 0 aliphatic carbocycles. The summed E-state index contributed by atoms with van der Waals surface area (Å²) in [6.45, 7) is 0.893. The van der Waals surface area contributed by atoms with Gasteiger partial charge in [-0.05, 0) is 34.9 Å². The van der Waals surface area contributed by atoms with Gasteiger partial charge >= 0.3 is 7.60 Å². The van der Waals surface area contributed by atoms with Crippen molar-refractivity contribution in [2.24, 2.45) is 0 Å². The molecule has 0 amide bonds. The van der Waals surface area contributed by atoms with E-state index in [0.29, 0.717) is 29.3 Å². The minimum absolute atomic E-state index is 0.158. The van der Waals surface area contributed by atoms with E-state index in [0.717, 1.165) is 28.0 Å². The number of methoxy groups -OCH3 is 1. The highest BCUT2D eigenvalue weighted by Gasteiger charge is 2.38. The van der Waals surface area contributed by atoms with Gasteiger partial charge in [-0.3, -0.25) is 4.52 Å². The summed E-state index contributed by atoms with van der Waals surface area (Å²) in [6, 6.07) is 35.9. The number of hydrogen-bond donors (Lipinski definition) is 1. The predicted molar refractivity (Wildman–Crippen MR) is 175 cm³/mol. The Labute approximate surface area is 266 Å². The van der Waals surface area contributed by atoms with Gasteiger partial charge < -0.3 is 23.9 Å². The fraction of sp³-hybridized carbons (Fsp3) is 0.171. The van der Waals surface area contributed by atoms with Crippen LogP contribution in [0.5, 0.6) is 11.5 Å². The molecule has 46 heavy (non-hydrogen) atoms. The van der Waals surface area contributed by atoms with Gasteiger partial charge in [0.05, 0.1) is 26.7 Å². The molecule has 1 aliphatic rings. The molecule has 1 unspecified atom stereocenters. The smallest absolute Gasteiger partial charge is 0.405 e. The van der Waals surface area contributed by atoms with Crippen LogP contribution >= 0.6 is 7.60 Å². The number of fused-ring (bicyclic) bond motifs is 2. The number of anilines is 1. The van der Waals surface area contributed by atoms with Crippen LogP contribution in [0.3, 0.4) is 0 Å². The number of benzene rings is 4. The quantitative estimate of drug-likeness (QED) is 0.0915. The maximum absolute atomic E-state index is 13.1. The van der Waals surface area contributed by atoms with E-state index in [4.69, 9.17) is 23.5 Å². The van der Waals surface area contributed by atoms with Gasteiger partial charge in [0.2, 0.25) is 0 Å². The minimum atomic E-state index is -3.42. The van der Waals surface area contributed by atoms with E-state index in [1.807, 2.05) is 71.3 Å². The molecule has 4 aromatic carbocycles. The highest BCUT2D eigenvalue weighted by Crippen LogP contribution is 2.53. The normalized spacial score (nSPS) is 16.0. The van der Waals surface area contributed by atoms with E-state index in [2.05, 4.69) is 51.7 Å². The molecule has 0 saturated heterocycles. The molecule has 0 fully saturated rings. The van der Waals surface area contributed by atoms with Crippen molar-refractivity contribution in [1.82, 2.24) is 19.5 Å². The molecule has 232 valence electrons. The van der Waals surface area contributed by atoms with Crippen LogP contribution in [0.2, 0.25) is 0 Å². The van der Waals surface area contributed by atoms with Gasteiger partial charge in [-0.1, -0.05) is 91.0 Å². The molecule has 0 radical (unpaired) electrons. The Morgan fingerprint density at radius 1 is 0.848 bits per heavy atom. The maximum atomic E-state index is 13.1. The zero-order valence-corrected chi connectivity index (χ0v) is 26.0. The van der Waals surface area contributed by atoms with E-state index in [1.54, 1.807) is 19.5 Å². The fourth-order valence-corrected chi connectivity index (χ4v) is 7.05. The molecule has 1 aliphatic heterocycles. The maximum Gasteiger partial charge on any atom is 0.405 e. The largest absolute Gasteiger partial charge is 0.497 e. The summed E-state index contributed by atoms with van der Waals surface area (Å²) >= 11 is 0. The number of para-hydroxylation sites is 1. The van der Waals surface area contributed by atoms with Crippen molar-refractivity contribution in [2.75, 3.05) is 25.4 Å². The first-order valence-electron chi connectivity index (χ1n) is 14.9. The Hall–Kier alpha value is -5.02. The summed E-state index contributed by atoms with van der Waals surface area (Å²) in [6.07, 6.45) is 3.08. The predicted octanol–water partition coefficient (Wildman–Crippen LogP) is 7.02. The number of nitrogens with one attached hydrogen (secondary N) is 1. The van der Waals surface area contributed by atoms with Crippen molar-refractivity contribution >= 4 is 24.6 Å². The number of ether oxygens (including phenoxy) is 2. The van der Waals surface area contributed by atoms with E-state index >= 15 is 0 Å². The van der Waals surface area contributed by atoms with Crippen LogP contribution in [-0.2, 0) is 32.5 Å². The molecule has 0 saturated carbocycles. The molecule has 7 rings (SSSR count). The van der Waals surface area contributed by atoms with E-state index in [9.17, 15) is 4.57 Å². The number of imidazole rings is 1. The first-order valence-corrected chi connectivity index (χ1v) is 16.6. The lowest BCUT2D eigenvalue weighted by Crippen LogP contribution is -2.38. The van der Waals surface area contributed by atoms with Crippen LogP contribution in [0.1, 0.15) is 22.3 Å². The van der Waals surface area contributed by atoms with Crippen LogP contribution in [0.15, 0.2) is 122 Å². The van der Waals surface area contributed by atoms with Gasteiger partial charge in [0.25, 0.3) is 0 Å². The molecule has 1 N–H and O–H groups in total. The molecule has 1 atom stereocenters. The van der Waals surface area contributed by atoms with E-state index in [1.165, 1.54) is 6.33 Å². The first kappa shape index (κ1) is 29.7. The molecule has 3 heterocycles. The average molecular weight is 634 g/mol. The van der Waals surface area contributed by atoms with Crippen molar-refractivity contribution in [3.8, 4) is 11.5 Å². The summed E-state index contributed by atoms with van der Waals surface area (Å²) < 4.78 is 37.5. The molecule has 0 bridgehead atoms. The number of hydrogen-bond acceptors (Lipinski definition) is 9. The van der Waals surface area contributed by atoms with Gasteiger partial charge in [0.15, 0.2) is 17.8 Å². The summed E-state index contributed by atoms with van der Waals surface area (Å²) in [5.74, 6) is 1.90. The van der Waals surface area contributed by atoms with Crippen molar-refractivity contribution in [3.05, 3.63) is 144 Å². The highest BCUT2D eigenvalue weighted by atomic mass is 31.2. The second-order valence-electron chi connectivity index (χ2n) is 10.8. The third-order valence-corrected chi connectivity index (χ3v) is 9.49. The van der Waals surface area contributed by atoms with Crippen LogP contribution in [-0.4, -0.2) is 39.6 Å². The Bertz CT molecular complexity index is 1950. The third kappa shape index (κ3) is 5.74. The summed E-state index contributed by atoms with van der Waals surface area (Å²) in [5, 5.41) is 3.79. The Balaban J connectivity index is 1.17. The third-order valence-electron chi connectivity index (χ3n) is 8.00. The average Bonchev–Trinajstić information content (AvgIpc) is 3.53. The first-order chi connectivity index (χ1) is 22.6. The van der Waals surface area contributed by atoms with E-state index in [-0.39, 0.29) is 19.6 Å². The molecule has 11 heteroatoms. The lowest BCUT2D eigenvalue weighted by atomic mass is 9.77. The summed E-state index contributed by atoms with van der Waals surface area (Å²) in [4.78, 5) is 13.9. The Morgan fingerprint density at radius 2 is 1.52 bits per heavy atom. The van der Waals surface area contributed by atoms with Crippen molar-refractivity contribution in [2.45, 2.75) is 18.7 Å². The fourth-order valence-electron chi connectivity index (χ4n) is 5.71. The van der Waals surface area contributed by atoms with Gasteiger partial charge in [0, 0.05) is 12.1 Å². The Morgan fingerprint density at radius 3 is 2.24 bits per heavy atom. The highest BCUT2D eigenvalue weighted by molar-refractivity contribution is 7.54. The van der Waals surface area contributed by atoms with Crippen LogP contribution < -0.4 is 14.6 Å². The molecule has 10 nitrogen and oxygen atoms in total. The number of nitrogens with zero attached hydrogens (tertiary/aromatic N) is 4. The number of aromatic nitrogens is 4. The van der Waals surface area contributed by atoms with Crippen molar-refractivity contribution < 1.29 is 23.1 Å². The number of rotatable bonds is 11. The molecule has 2 aromatic heterocycles. The second-order valence-corrected chi connectivity index (χ2v) is 12.7. The molecular weight excluding hydrogens is 601 g/mol. The SMILES string of the molecule is COc1ccc(C(Nc2ncnc3c2ncn3CCOCP2(=O)OCc3ccccc3O2)(c2ccccc2)c2ccccc2)cc1. The minimum Gasteiger partial charge on any atom is -0.497 e. The van der Waals surface area contributed by atoms with E-state index < -0.39 is 13.1 Å². The monoisotopic (exact) mass is 633 g/mol. The lowest BCUT2D eigenvalue weighted by molar-refractivity contribution is 0.132. The summed E-state index contributed by atoms with van der Waals surface area (Å²) in [7, 11) is -1.76. The van der Waals surface area contributed by atoms with Gasteiger partial charge in [-0.2, -0.15) is 0 Å². The van der Waals surface area contributed by atoms with Crippen LogP contribution in [0.25, 0.3) is 11.2 Å². The van der Waals surface area contributed by atoms with Crippen LogP contribution in [0.4, 0.5) is 5.82 Å². The lowest BCUT2D eigenvalue weighted by Gasteiger charge is -2.37. The second kappa shape index (κ2) is 12.8. The van der Waals surface area contributed by atoms with Gasteiger partial charge in [0.1, 0.15) is 28.9 Å².